The van der Waals surface area contributed by atoms with Crippen LogP contribution in [0.5, 0.6) is 5.75 Å². The first-order valence-electron chi connectivity index (χ1n) is 5.07. The standard InChI is InChI=1S/C11H14N2O5/c1-18-6-2-3-8(12)7(4-6)10(15)13-9(5-14)11(16)17/h2-4,9,14H,5,12H2,1H3,(H,13,15)(H,16,17)/t9-/m0/s1. The fourth-order valence-corrected chi connectivity index (χ4v) is 1.28. The number of hydrogen-bond acceptors (Lipinski definition) is 5. The molecular formula is C11H14N2O5. The highest BCUT2D eigenvalue weighted by atomic mass is 16.5. The highest BCUT2D eigenvalue weighted by molar-refractivity contribution is 6.01. The molecule has 0 aromatic heterocycles. The molecule has 1 aromatic carbocycles. The van der Waals surface area contributed by atoms with Gasteiger partial charge in [0, 0.05) is 5.69 Å². The van der Waals surface area contributed by atoms with Crippen molar-refractivity contribution >= 4 is 17.6 Å². The van der Waals surface area contributed by atoms with Gasteiger partial charge in [-0.15, -0.1) is 0 Å². The van der Waals surface area contributed by atoms with E-state index >= 15 is 0 Å². The summed E-state index contributed by atoms with van der Waals surface area (Å²) in [6.45, 7) is -0.703. The van der Waals surface area contributed by atoms with Crippen molar-refractivity contribution in [3.05, 3.63) is 23.8 Å². The molecule has 0 fully saturated rings. The third kappa shape index (κ3) is 3.11. The quantitative estimate of drug-likeness (QED) is 0.523. The van der Waals surface area contributed by atoms with E-state index in [0.29, 0.717) is 5.75 Å². The zero-order valence-corrected chi connectivity index (χ0v) is 9.71. The van der Waals surface area contributed by atoms with Crippen LogP contribution < -0.4 is 15.8 Å². The molecule has 0 radical (unpaired) electrons. The number of benzene rings is 1. The van der Waals surface area contributed by atoms with Crippen molar-refractivity contribution in [2.24, 2.45) is 0 Å². The van der Waals surface area contributed by atoms with E-state index in [-0.39, 0.29) is 11.3 Å². The highest BCUT2D eigenvalue weighted by Crippen LogP contribution is 2.19. The molecule has 18 heavy (non-hydrogen) atoms. The fraction of sp³-hybridized carbons (Fsp3) is 0.273. The Hall–Kier alpha value is -2.28. The lowest BCUT2D eigenvalue weighted by Crippen LogP contribution is -2.43. The predicted octanol–water partition coefficient (Wildman–Crippen LogP) is -0.547. The Morgan fingerprint density at radius 2 is 2.17 bits per heavy atom. The van der Waals surface area contributed by atoms with Crippen LogP contribution in [0.15, 0.2) is 18.2 Å². The summed E-state index contributed by atoms with van der Waals surface area (Å²) in [6.07, 6.45) is 0. The van der Waals surface area contributed by atoms with E-state index in [1.165, 1.54) is 19.2 Å². The largest absolute Gasteiger partial charge is 0.497 e. The second-order valence-corrected chi connectivity index (χ2v) is 3.50. The Balaban J connectivity index is 2.93. The second-order valence-electron chi connectivity index (χ2n) is 3.50. The normalized spacial score (nSPS) is 11.7. The molecule has 5 N–H and O–H groups in total. The second kappa shape index (κ2) is 5.87. The number of nitrogens with two attached hydrogens (primary N) is 1. The van der Waals surface area contributed by atoms with Crippen LogP contribution in [0.25, 0.3) is 0 Å². The van der Waals surface area contributed by atoms with Crippen LogP contribution in [0.2, 0.25) is 0 Å². The molecule has 0 aliphatic carbocycles. The summed E-state index contributed by atoms with van der Waals surface area (Å²) in [5.74, 6) is -1.59. The van der Waals surface area contributed by atoms with Gasteiger partial charge in [0.05, 0.1) is 19.3 Å². The summed E-state index contributed by atoms with van der Waals surface area (Å²) in [5, 5.41) is 19.7. The third-order valence-electron chi connectivity index (χ3n) is 2.29. The fourth-order valence-electron chi connectivity index (χ4n) is 1.28. The Morgan fingerprint density at radius 1 is 1.50 bits per heavy atom. The number of carboxylic acid groups (broad SMARTS) is 1. The number of aliphatic carboxylic acids is 1. The lowest BCUT2D eigenvalue weighted by molar-refractivity contribution is -0.140. The van der Waals surface area contributed by atoms with Gasteiger partial charge in [0.25, 0.3) is 5.91 Å². The molecule has 1 rings (SSSR count). The van der Waals surface area contributed by atoms with E-state index in [4.69, 9.17) is 20.7 Å². The number of ether oxygens (including phenoxy) is 1. The first-order chi connectivity index (χ1) is 8.49. The van der Waals surface area contributed by atoms with E-state index in [2.05, 4.69) is 5.32 Å². The van der Waals surface area contributed by atoms with Gasteiger partial charge in [-0.3, -0.25) is 4.79 Å². The minimum atomic E-state index is -1.37. The SMILES string of the molecule is COc1ccc(N)c(C(=O)N[C@@H](CO)C(=O)O)c1. The Bertz CT molecular complexity index is 461. The van der Waals surface area contributed by atoms with Gasteiger partial charge >= 0.3 is 5.97 Å². The Labute approximate surface area is 103 Å². The molecule has 1 aromatic rings. The number of amides is 1. The zero-order chi connectivity index (χ0) is 13.7. The van der Waals surface area contributed by atoms with Crippen molar-refractivity contribution in [1.29, 1.82) is 0 Å². The first-order valence-corrected chi connectivity index (χ1v) is 5.07. The summed E-state index contributed by atoms with van der Waals surface area (Å²) in [4.78, 5) is 22.5. The van der Waals surface area contributed by atoms with E-state index in [1.807, 2.05) is 0 Å². The molecule has 98 valence electrons. The van der Waals surface area contributed by atoms with Gasteiger partial charge in [-0.1, -0.05) is 0 Å². The van der Waals surface area contributed by atoms with Gasteiger partial charge in [0.1, 0.15) is 5.75 Å². The van der Waals surface area contributed by atoms with Crippen molar-refractivity contribution in [3.63, 3.8) is 0 Å². The molecule has 0 saturated carbocycles. The van der Waals surface area contributed by atoms with Gasteiger partial charge < -0.3 is 26.0 Å². The van der Waals surface area contributed by atoms with Crippen LogP contribution in [-0.4, -0.2) is 41.8 Å². The first kappa shape index (κ1) is 13.8. The average molecular weight is 254 g/mol. The number of nitrogens with one attached hydrogen (secondary N) is 1. The molecule has 1 atom stereocenters. The molecule has 0 heterocycles. The topological polar surface area (TPSA) is 122 Å². The number of aliphatic hydroxyl groups is 1. The maximum Gasteiger partial charge on any atom is 0.328 e. The van der Waals surface area contributed by atoms with E-state index in [9.17, 15) is 9.59 Å². The smallest absolute Gasteiger partial charge is 0.328 e. The van der Waals surface area contributed by atoms with Gasteiger partial charge in [0.2, 0.25) is 0 Å². The van der Waals surface area contributed by atoms with E-state index in [0.717, 1.165) is 0 Å². The predicted molar refractivity (Wildman–Crippen MR) is 63.4 cm³/mol. The zero-order valence-electron chi connectivity index (χ0n) is 9.71. The molecule has 7 heteroatoms. The summed E-state index contributed by atoms with van der Waals surface area (Å²) < 4.78 is 4.94. The molecule has 1 amide bonds. The number of anilines is 1. The average Bonchev–Trinajstić information content (AvgIpc) is 2.35. The lowest BCUT2D eigenvalue weighted by atomic mass is 10.1. The number of carbonyl (C=O) groups is 2. The molecule has 0 bridgehead atoms. The van der Waals surface area contributed by atoms with Crippen LogP contribution in [0, 0.1) is 0 Å². The Morgan fingerprint density at radius 3 is 2.67 bits per heavy atom. The van der Waals surface area contributed by atoms with Crippen molar-refractivity contribution < 1.29 is 24.5 Å². The lowest BCUT2D eigenvalue weighted by Gasteiger charge is -2.13. The number of aliphatic hydroxyl groups excluding tert-OH is 1. The number of nitrogen functional groups attached to an aromatic ring is 1. The van der Waals surface area contributed by atoms with Crippen LogP contribution >= 0.6 is 0 Å². The van der Waals surface area contributed by atoms with Crippen molar-refractivity contribution in [1.82, 2.24) is 5.32 Å². The monoisotopic (exact) mass is 254 g/mol. The summed E-state index contributed by atoms with van der Waals surface area (Å²) in [6, 6.07) is 3.07. The minimum absolute atomic E-state index is 0.0917. The van der Waals surface area contributed by atoms with Gasteiger partial charge in [-0.25, -0.2) is 4.79 Å². The summed E-state index contributed by atoms with van der Waals surface area (Å²) in [7, 11) is 1.43. The van der Waals surface area contributed by atoms with Crippen LogP contribution in [0.3, 0.4) is 0 Å². The van der Waals surface area contributed by atoms with Gasteiger partial charge in [-0.2, -0.15) is 0 Å². The Kier molecular flexibility index (Phi) is 4.50. The third-order valence-corrected chi connectivity index (χ3v) is 2.29. The van der Waals surface area contributed by atoms with Crippen molar-refractivity contribution in [3.8, 4) is 5.75 Å². The molecule has 0 aliphatic heterocycles. The van der Waals surface area contributed by atoms with E-state index < -0.39 is 24.5 Å². The van der Waals surface area contributed by atoms with E-state index in [1.54, 1.807) is 6.07 Å². The number of hydrogen-bond donors (Lipinski definition) is 4. The molecule has 0 aliphatic rings. The molecule has 7 nitrogen and oxygen atoms in total. The maximum atomic E-state index is 11.8. The number of carbonyl (C=O) groups excluding carboxylic acids is 1. The van der Waals surface area contributed by atoms with Crippen molar-refractivity contribution in [2.45, 2.75) is 6.04 Å². The maximum absolute atomic E-state index is 11.8. The number of carboxylic acids is 1. The van der Waals surface area contributed by atoms with Crippen LogP contribution in [0.4, 0.5) is 5.69 Å². The number of rotatable bonds is 5. The molecule has 0 unspecified atom stereocenters. The molecular weight excluding hydrogens is 240 g/mol. The number of methoxy groups -OCH3 is 1. The van der Waals surface area contributed by atoms with Crippen LogP contribution in [-0.2, 0) is 4.79 Å². The highest BCUT2D eigenvalue weighted by Gasteiger charge is 2.21. The molecule has 0 saturated heterocycles. The van der Waals surface area contributed by atoms with Crippen LogP contribution in [0.1, 0.15) is 10.4 Å². The van der Waals surface area contributed by atoms with Crippen molar-refractivity contribution in [2.75, 3.05) is 19.5 Å². The summed E-state index contributed by atoms with van der Waals surface area (Å²) in [5.41, 5.74) is 5.89. The summed E-state index contributed by atoms with van der Waals surface area (Å²) >= 11 is 0. The minimum Gasteiger partial charge on any atom is -0.497 e. The van der Waals surface area contributed by atoms with Gasteiger partial charge in [0.15, 0.2) is 6.04 Å². The molecule has 0 spiro atoms. The van der Waals surface area contributed by atoms with Gasteiger partial charge in [-0.05, 0) is 18.2 Å².